The van der Waals surface area contributed by atoms with Crippen LogP contribution in [0.5, 0.6) is 11.5 Å². The number of hydrogen-bond donors (Lipinski definition) is 2. The zero-order valence-electron chi connectivity index (χ0n) is 21.8. The Balaban J connectivity index is 1.35. The van der Waals surface area contributed by atoms with Crippen molar-refractivity contribution in [2.45, 2.75) is 16.2 Å². The number of hydrogen-bond acceptors (Lipinski definition) is 8. The lowest BCUT2D eigenvalue weighted by Gasteiger charge is -2.31. The molecular formula is C29H21BrFN3O6S2. The maximum atomic E-state index is 14.0. The second-order valence-corrected chi connectivity index (χ2v) is 12.6. The van der Waals surface area contributed by atoms with Gasteiger partial charge in [-0.15, -0.1) is 0 Å². The number of benzene rings is 3. The third kappa shape index (κ3) is 5.23. The average molecular weight is 671 g/mol. The number of methoxy groups -OCH3 is 1. The number of fused-ring (bicyclic) bond motifs is 2. The molecule has 2 aliphatic heterocycles. The SMILES string of the molecule is COc1ccc(N2C(=O)C3Sc4[nH]c(=O)sc4[C@H](c4cc(Br)ccc4OCC(=O)Nc4ccc(F)cc4)C3C2=O)cc1. The summed E-state index contributed by atoms with van der Waals surface area (Å²) in [6, 6.07) is 17.2. The van der Waals surface area contributed by atoms with Crippen molar-refractivity contribution in [3.05, 3.63) is 97.1 Å². The van der Waals surface area contributed by atoms with E-state index in [-0.39, 0.29) is 17.4 Å². The van der Waals surface area contributed by atoms with Crippen LogP contribution in [0.15, 0.2) is 81.0 Å². The number of carbonyl (C=O) groups excluding carboxylic acids is 3. The van der Waals surface area contributed by atoms with E-state index < -0.39 is 34.7 Å². The summed E-state index contributed by atoms with van der Waals surface area (Å²) in [6.45, 7) is -0.372. The zero-order valence-corrected chi connectivity index (χ0v) is 25.0. The van der Waals surface area contributed by atoms with Gasteiger partial charge in [-0.1, -0.05) is 39.0 Å². The van der Waals surface area contributed by atoms with E-state index in [0.717, 1.165) is 11.3 Å². The third-order valence-electron chi connectivity index (χ3n) is 6.95. The second-order valence-electron chi connectivity index (χ2n) is 9.49. The molecule has 13 heteroatoms. The largest absolute Gasteiger partial charge is 0.497 e. The quantitative estimate of drug-likeness (QED) is 0.261. The fourth-order valence-corrected chi connectivity index (χ4v) is 7.99. The van der Waals surface area contributed by atoms with Gasteiger partial charge in [0.15, 0.2) is 6.61 Å². The number of carbonyl (C=O) groups is 3. The molecule has 0 saturated carbocycles. The molecule has 2 aliphatic rings. The minimum Gasteiger partial charge on any atom is -0.497 e. The first-order valence-corrected chi connectivity index (χ1v) is 15.1. The molecule has 3 atom stereocenters. The van der Waals surface area contributed by atoms with Gasteiger partial charge < -0.3 is 19.8 Å². The van der Waals surface area contributed by atoms with E-state index in [4.69, 9.17) is 9.47 Å². The van der Waals surface area contributed by atoms with Gasteiger partial charge in [-0.25, -0.2) is 9.29 Å². The van der Waals surface area contributed by atoms with Crippen molar-refractivity contribution < 1.29 is 28.2 Å². The van der Waals surface area contributed by atoms with E-state index in [1.54, 1.807) is 42.5 Å². The molecule has 2 unspecified atom stereocenters. The topological polar surface area (TPSA) is 118 Å². The lowest BCUT2D eigenvalue weighted by molar-refractivity contribution is -0.122. The second kappa shape index (κ2) is 11.4. The molecular weight excluding hydrogens is 649 g/mol. The van der Waals surface area contributed by atoms with Gasteiger partial charge in [0.1, 0.15) is 22.6 Å². The van der Waals surface area contributed by atoms with Crippen molar-refractivity contribution in [3.8, 4) is 11.5 Å². The first-order valence-electron chi connectivity index (χ1n) is 12.6. The Morgan fingerprint density at radius 1 is 1.05 bits per heavy atom. The summed E-state index contributed by atoms with van der Waals surface area (Å²) in [4.78, 5) is 57.2. The van der Waals surface area contributed by atoms with Crippen molar-refractivity contribution >= 4 is 68.1 Å². The van der Waals surface area contributed by atoms with E-state index in [1.165, 1.54) is 48.0 Å². The fraction of sp³-hybridized carbons (Fsp3) is 0.172. The van der Waals surface area contributed by atoms with Gasteiger partial charge >= 0.3 is 4.87 Å². The number of rotatable bonds is 7. The number of thiazole rings is 1. The van der Waals surface area contributed by atoms with E-state index in [0.29, 0.717) is 42.8 Å². The lowest BCUT2D eigenvalue weighted by Crippen LogP contribution is -2.32. The van der Waals surface area contributed by atoms with Crippen LogP contribution in [0, 0.1) is 11.7 Å². The van der Waals surface area contributed by atoms with E-state index in [9.17, 15) is 23.6 Å². The Hall–Kier alpha value is -3.94. The molecule has 42 heavy (non-hydrogen) atoms. The summed E-state index contributed by atoms with van der Waals surface area (Å²) in [5.41, 5.74) is 1.37. The van der Waals surface area contributed by atoms with E-state index in [2.05, 4.69) is 26.2 Å². The summed E-state index contributed by atoms with van der Waals surface area (Å²) in [5, 5.41) is 2.38. The molecule has 3 heterocycles. The van der Waals surface area contributed by atoms with E-state index >= 15 is 0 Å². The smallest absolute Gasteiger partial charge is 0.305 e. The summed E-state index contributed by atoms with van der Waals surface area (Å²) in [7, 11) is 1.53. The Labute approximate surface area is 255 Å². The van der Waals surface area contributed by atoms with Crippen molar-refractivity contribution in [1.29, 1.82) is 0 Å². The molecule has 6 rings (SSSR count). The van der Waals surface area contributed by atoms with Crippen LogP contribution < -0.4 is 24.6 Å². The Morgan fingerprint density at radius 3 is 2.50 bits per heavy atom. The van der Waals surface area contributed by atoms with Gasteiger partial charge in [0.25, 0.3) is 5.91 Å². The van der Waals surface area contributed by atoms with Crippen molar-refractivity contribution in [3.63, 3.8) is 0 Å². The molecule has 1 aromatic heterocycles. The van der Waals surface area contributed by atoms with Crippen LogP contribution in [0.25, 0.3) is 0 Å². The van der Waals surface area contributed by atoms with Gasteiger partial charge in [0, 0.05) is 26.5 Å². The number of aromatic amines is 1. The maximum absolute atomic E-state index is 14.0. The molecule has 2 N–H and O–H groups in total. The molecule has 1 fully saturated rings. The Kier molecular flexibility index (Phi) is 7.64. The molecule has 0 bridgehead atoms. The molecule has 9 nitrogen and oxygen atoms in total. The highest BCUT2D eigenvalue weighted by Crippen LogP contribution is 2.54. The number of nitrogens with one attached hydrogen (secondary N) is 2. The summed E-state index contributed by atoms with van der Waals surface area (Å²) in [6.07, 6.45) is 0. The summed E-state index contributed by atoms with van der Waals surface area (Å²) >= 11 is 5.64. The van der Waals surface area contributed by atoms with Crippen LogP contribution in [0.3, 0.4) is 0 Å². The number of amides is 3. The fourth-order valence-electron chi connectivity index (χ4n) is 5.11. The van der Waals surface area contributed by atoms with Crippen molar-refractivity contribution in [2.75, 3.05) is 23.9 Å². The zero-order chi connectivity index (χ0) is 29.5. The number of ether oxygens (including phenoxy) is 2. The molecule has 1 saturated heterocycles. The number of anilines is 2. The molecule has 0 aliphatic carbocycles. The van der Waals surface area contributed by atoms with Gasteiger partial charge in [-0.3, -0.25) is 19.2 Å². The third-order valence-corrected chi connectivity index (χ3v) is 9.84. The summed E-state index contributed by atoms with van der Waals surface area (Å²) < 4.78 is 25.1. The molecule has 214 valence electrons. The number of thioether (sulfide) groups is 1. The predicted octanol–water partition coefficient (Wildman–Crippen LogP) is 5.16. The van der Waals surface area contributed by atoms with Gasteiger partial charge in [0.2, 0.25) is 11.8 Å². The highest BCUT2D eigenvalue weighted by molar-refractivity contribution is 9.10. The molecule has 4 aromatic rings. The molecule has 3 amide bonds. The standard InChI is InChI=1S/C29H21BrFN3O6S2/c1-39-18-9-7-17(8-10-18)34-27(36)23-22(24-26(33-29(38)42-24)41-25(23)28(34)37)19-12-14(30)2-11-20(19)40-13-21(35)32-16-5-3-15(31)4-6-16/h2-12,22-23,25H,13H2,1H3,(H,32,35)(H,33,38)/t22-,23?,25?/m1/s1. The number of halogens is 2. The molecule has 0 spiro atoms. The molecule has 0 radical (unpaired) electrons. The minimum absolute atomic E-state index is 0.305. The van der Waals surface area contributed by atoms with Crippen LogP contribution in [-0.2, 0) is 14.4 Å². The number of aromatic nitrogens is 1. The van der Waals surface area contributed by atoms with Crippen molar-refractivity contribution in [2.24, 2.45) is 5.92 Å². The molecule has 3 aromatic carbocycles. The van der Waals surface area contributed by atoms with Crippen molar-refractivity contribution in [1.82, 2.24) is 4.98 Å². The summed E-state index contributed by atoms with van der Waals surface area (Å²) in [5.74, 6) is -2.34. The van der Waals surface area contributed by atoms with E-state index in [1.807, 2.05) is 0 Å². The average Bonchev–Trinajstić information content (AvgIpc) is 3.47. The monoisotopic (exact) mass is 669 g/mol. The van der Waals surface area contributed by atoms with Gasteiger partial charge in [-0.05, 0) is 66.7 Å². The van der Waals surface area contributed by atoms with Gasteiger partial charge in [0.05, 0.1) is 23.7 Å². The maximum Gasteiger partial charge on any atom is 0.305 e. The first kappa shape index (κ1) is 28.2. The number of nitrogens with zero attached hydrogens (tertiary/aromatic N) is 1. The minimum atomic E-state index is -0.840. The first-order chi connectivity index (χ1) is 20.2. The van der Waals surface area contributed by atoms with Crippen LogP contribution in [0.2, 0.25) is 0 Å². The highest BCUT2D eigenvalue weighted by Gasteiger charge is 2.56. The van der Waals surface area contributed by atoms with Crippen LogP contribution in [0.4, 0.5) is 15.8 Å². The van der Waals surface area contributed by atoms with Crippen LogP contribution in [-0.4, -0.2) is 41.7 Å². The Morgan fingerprint density at radius 2 is 1.79 bits per heavy atom. The van der Waals surface area contributed by atoms with Crippen LogP contribution in [0.1, 0.15) is 16.4 Å². The normalized spacial score (nSPS) is 19.3. The number of imide groups is 1. The Bertz CT molecular complexity index is 1760. The predicted molar refractivity (Wildman–Crippen MR) is 160 cm³/mol. The van der Waals surface area contributed by atoms with Gasteiger partial charge in [-0.2, -0.15) is 0 Å². The number of H-pyrrole nitrogens is 1. The highest BCUT2D eigenvalue weighted by atomic mass is 79.9. The lowest BCUT2D eigenvalue weighted by atomic mass is 9.82. The van der Waals surface area contributed by atoms with Crippen LogP contribution >= 0.6 is 39.0 Å².